The lowest BCUT2D eigenvalue weighted by atomic mass is 10.1. The molecule has 0 aliphatic carbocycles. The summed E-state index contributed by atoms with van der Waals surface area (Å²) in [6.07, 6.45) is 5.75. The monoisotopic (exact) mass is 371 g/mol. The maximum absolute atomic E-state index is 5.90. The quantitative estimate of drug-likeness (QED) is 0.711. The molecule has 2 aromatic rings. The maximum atomic E-state index is 5.90. The lowest BCUT2D eigenvalue weighted by molar-refractivity contribution is 0.0678. The molecule has 146 valence electrons. The van der Waals surface area contributed by atoms with Gasteiger partial charge in [-0.1, -0.05) is 13.0 Å². The second-order valence-electron chi connectivity index (χ2n) is 7.47. The van der Waals surface area contributed by atoms with E-state index in [0.29, 0.717) is 12.9 Å². The van der Waals surface area contributed by atoms with Crippen LogP contribution in [0.4, 0.5) is 0 Å². The first-order valence-corrected chi connectivity index (χ1v) is 9.96. The van der Waals surface area contributed by atoms with Crippen LogP contribution in [0.1, 0.15) is 43.0 Å². The van der Waals surface area contributed by atoms with E-state index in [9.17, 15) is 0 Å². The molecule has 2 aliphatic rings. The third-order valence-electron chi connectivity index (χ3n) is 5.36. The van der Waals surface area contributed by atoms with Gasteiger partial charge in [0.15, 0.2) is 11.5 Å². The van der Waals surface area contributed by atoms with Gasteiger partial charge < -0.3 is 14.2 Å². The van der Waals surface area contributed by atoms with E-state index in [4.69, 9.17) is 14.2 Å². The average molecular weight is 371 g/mol. The Morgan fingerprint density at radius 2 is 2.11 bits per heavy atom. The zero-order chi connectivity index (χ0) is 18.6. The highest BCUT2D eigenvalue weighted by Crippen LogP contribution is 2.33. The van der Waals surface area contributed by atoms with Crippen molar-refractivity contribution in [3.05, 3.63) is 41.2 Å². The fourth-order valence-corrected chi connectivity index (χ4v) is 3.88. The highest BCUT2D eigenvalue weighted by molar-refractivity contribution is 5.44. The topological polar surface area (TPSA) is 48.8 Å². The molecule has 1 fully saturated rings. The molecule has 2 aliphatic heterocycles. The highest BCUT2D eigenvalue weighted by atomic mass is 16.7. The fourth-order valence-electron chi connectivity index (χ4n) is 3.88. The number of aromatic nitrogens is 2. The average Bonchev–Trinajstić information content (AvgIpc) is 3.40. The second kappa shape index (κ2) is 8.31. The Kier molecular flexibility index (Phi) is 5.64. The number of ether oxygens (including phenoxy) is 3. The summed E-state index contributed by atoms with van der Waals surface area (Å²) in [5.41, 5.74) is 3.79. The molecule has 1 aromatic heterocycles. The van der Waals surface area contributed by atoms with Gasteiger partial charge in [-0.15, -0.1) is 0 Å². The number of benzene rings is 1. The van der Waals surface area contributed by atoms with E-state index in [1.165, 1.54) is 16.8 Å². The minimum atomic E-state index is 0.314. The Morgan fingerprint density at radius 3 is 2.93 bits per heavy atom. The second-order valence-corrected chi connectivity index (χ2v) is 7.47. The van der Waals surface area contributed by atoms with Crippen molar-refractivity contribution >= 4 is 0 Å². The first-order chi connectivity index (χ1) is 13.2. The van der Waals surface area contributed by atoms with Gasteiger partial charge in [-0.25, -0.2) is 0 Å². The third-order valence-corrected chi connectivity index (χ3v) is 5.36. The van der Waals surface area contributed by atoms with Gasteiger partial charge in [-0.05, 0) is 43.9 Å². The van der Waals surface area contributed by atoms with Crippen LogP contribution in [0.25, 0.3) is 0 Å². The molecule has 1 unspecified atom stereocenters. The predicted molar refractivity (Wildman–Crippen MR) is 103 cm³/mol. The van der Waals surface area contributed by atoms with Crippen LogP contribution in [0.5, 0.6) is 11.5 Å². The van der Waals surface area contributed by atoms with Crippen LogP contribution in [0, 0.1) is 6.92 Å². The molecular formula is C21H29N3O3. The number of nitrogens with zero attached hydrogens (tertiary/aromatic N) is 3. The Hall–Kier alpha value is -2.05. The molecule has 6 heteroatoms. The molecule has 1 saturated heterocycles. The minimum absolute atomic E-state index is 0.314. The Balaban J connectivity index is 1.49. The van der Waals surface area contributed by atoms with Crippen molar-refractivity contribution in [2.75, 3.05) is 19.9 Å². The van der Waals surface area contributed by atoms with E-state index in [-0.39, 0.29) is 0 Å². The van der Waals surface area contributed by atoms with Gasteiger partial charge in [0.1, 0.15) is 0 Å². The first-order valence-electron chi connectivity index (χ1n) is 9.96. The SMILES string of the molecule is CCCn1ncc(CN(Cc2ccc3c(c2)OCO3)CC2CCCO2)c1C. The van der Waals surface area contributed by atoms with E-state index >= 15 is 0 Å². The molecule has 4 rings (SSSR count). The maximum Gasteiger partial charge on any atom is 0.231 e. The molecule has 1 aromatic carbocycles. The van der Waals surface area contributed by atoms with E-state index in [1.54, 1.807) is 0 Å². The third kappa shape index (κ3) is 4.28. The van der Waals surface area contributed by atoms with E-state index < -0.39 is 0 Å². The normalized spacial score (nSPS) is 18.6. The Bertz CT molecular complexity index is 768. The van der Waals surface area contributed by atoms with Gasteiger partial charge in [0.25, 0.3) is 0 Å². The van der Waals surface area contributed by atoms with Crippen LogP contribution in [0.15, 0.2) is 24.4 Å². The summed E-state index contributed by atoms with van der Waals surface area (Å²) in [5, 5.41) is 4.57. The zero-order valence-corrected chi connectivity index (χ0v) is 16.3. The van der Waals surface area contributed by atoms with Gasteiger partial charge >= 0.3 is 0 Å². The van der Waals surface area contributed by atoms with Crippen molar-refractivity contribution in [1.29, 1.82) is 0 Å². The summed E-state index contributed by atoms with van der Waals surface area (Å²) >= 11 is 0. The smallest absolute Gasteiger partial charge is 0.231 e. The van der Waals surface area contributed by atoms with Crippen LogP contribution in [-0.2, 0) is 24.4 Å². The van der Waals surface area contributed by atoms with Gasteiger partial charge in [0.2, 0.25) is 6.79 Å². The number of hydrogen-bond donors (Lipinski definition) is 0. The van der Waals surface area contributed by atoms with Crippen molar-refractivity contribution in [3.63, 3.8) is 0 Å². The van der Waals surface area contributed by atoms with Crippen molar-refractivity contribution in [1.82, 2.24) is 14.7 Å². The summed E-state index contributed by atoms with van der Waals surface area (Å²) in [5.74, 6) is 1.68. The van der Waals surface area contributed by atoms with Gasteiger partial charge in [-0.3, -0.25) is 9.58 Å². The summed E-state index contributed by atoms with van der Waals surface area (Å²) in [6.45, 7) is 9.20. The number of fused-ring (bicyclic) bond motifs is 1. The molecule has 0 bridgehead atoms. The molecule has 6 nitrogen and oxygen atoms in total. The number of aryl methyl sites for hydroxylation is 1. The van der Waals surface area contributed by atoms with Crippen LogP contribution in [0.2, 0.25) is 0 Å². The van der Waals surface area contributed by atoms with Crippen LogP contribution < -0.4 is 9.47 Å². The lowest BCUT2D eigenvalue weighted by Crippen LogP contribution is -2.31. The van der Waals surface area contributed by atoms with Crippen molar-refractivity contribution in [2.24, 2.45) is 0 Å². The summed E-state index contributed by atoms with van der Waals surface area (Å²) in [6, 6.07) is 6.23. The van der Waals surface area contributed by atoms with Gasteiger partial charge in [0.05, 0.1) is 12.3 Å². The highest BCUT2D eigenvalue weighted by Gasteiger charge is 2.22. The molecule has 1 atom stereocenters. The van der Waals surface area contributed by atoms with Gasteiger partial charge in [0, 0.05) is 44.0 Å². The summed E-state index contributed by atoms with van der Waals surface area (Å²) in [7, 11) is 0. The number of hydrogen-bond acceptors (Lipinski definition) is 5. The lowest BCUT2D eigenvalue weighted by Gasteiger charge is -2.25. The molecule has 0 spiro atoms. The van der Waals surface area contributed by atoms with Crippen molar-refractivity contribution in [2.45, 2.75) is 58.8 Å². The zero-order valence-electron chi connectivity index (χ0n) is 16.3. The molecule has 3 heterocycles. The minimum Gasteiger partial charge on any atom is -0.454 e. The molecule has 0 amide bonds. The van der Waals surface area contributed by atoms with E-state index in [0.717, 1.165) is 63.5 Å². The molecule has 0 saturated carbocycles. The largest absolute Gasteiger partial charge is 0.454 e. The Labute approximate surface area is 161 Å². The van der Waals surface area contributed by atoms with E-state index in [1.807, 2.05) is 12.3 Å². The van der Waals surface area contributed by atoms with Crippen LogP contribution >= 0.6 is 0 Å². The predicted octanol–water partition coefficient (Wildman–Crippen LogP) is 3.51. The van der Waals surface area contributed by atoms with Gasteiger partial charge in [-0.2, -0.15) is 5.10 Å². The number of rotatable bonds is 8. The fraction of sp³-hybridized carbons (Fsp3) is 0.571. The Morgan fingerprint density at radius 1 is 1.22 bits per heavy atom. The van der Waals surface area contributed by atoms with Crippen LogP contribution in [-0.4, -0.2) is 40.7 Å². The molecule has 0 N–H and O–H groups in total. The summed E-state index contributed by atoms with van der Waals surface area (Å²) < 4.78 is 19.0. The van der Waals surface area contributed by atoms with E-state index in [2.05, 4.69) is 40.7 Å². The first kappa shape index (κ1) is 18.3. The molecule has 0 radical (unpaired) electrons. The van der Waals surface area contributed by atoms with Crippen LogP contribution in [0.3, 0.4) is 0 Å². The van der Waals surface area contributed by atoms with Crippen molar-refractivity contribution in [3.8, 4) is 11.5 Å². The molecular weight excluding hydrogens is 342 g/mol. The summed E-state index contributed by atoms with van der Waals surface area (Å²) in [4.78, 5) is 2.47. The molecule has 27 heavy (non-hydrogen) atoms. The van der Waals surface area contributed by atoms with Crippen molar-refractivity contribution < 1.29 is 14.2 Å². The standard InChI is InChI=1S/C21H29N3O3/c1-3-8-24-16(2)18(11-22-24)13-23(14-19-5-4-9-25-19)12-17-6-7-20-21(10-17)27-15-26-20/h6-7,10-11,19H,3-5,8-9,12-15H2,1-2H3.